The van der Waals surface area contributed by atoms with E-state index in [0.717, 1.165) is 134 Å². The van der Waals surface area contributed by atoms with Crippen LogP contribution in [0.3, 0.4) is 0 Å². The third kappa shape index (κ3) is 37.8. The molecule has 8 nitrogen and oxygen atoms in total. The second kappa shape index (κ2) is 41.7. The van der Waals surface area contributed by atoms with Crippen molar-refractivity contribution < 1.29 is 34.1 Å². The third-order valence-electron chi connectivity index (χ3n) is 11.1. The Morgan fingerprint density at radius 3 is 1.26 bits per heavy atom. The molecule has 0 aliphatic rings. The second-order valence-electron chi connectivity index (χ2n) is 16.6. The Labute approximate surface area is 372 Å². The quantitative estimate of drug-likeness (QED) is 0.0380. The van der Waals surface area contributed by atoms with Gasteiger partial charge in [-0.3, -0.25) is 9.59 Å². The lowest BCUT2D eigenvalue weighted by Gasteiger charge is -2.17. The van der Waals surface area contributed by atoms with Crippen molar-refractivity contribution in [1.82, 2.24) is 4.90 Å². The van der Waals surface area contributed by atoms with Crippen LogP contribution in [0.15, 0.2) is 66.8 Å². The molecule has 0 bridgehead atoms. The van der Waals surface area contributed by atoms with Gasteiger partial charge in [0.2, 0.25) is 0 Å². The number of carbonyl (C=O) groups is 3. The van der Waals surface area contributed by atoms with E-state index in [1.807, 2.05) is 0 Å². The standard InChI is InChI=1S/C53H87NO7/c1-3-54(4-2)42-37-43-60-53(59)61-47-50-45-48(38-33-29-25-21-17-13-9-5-7-11-15-19-23-27-31-35-40-51(55)56)44-49(46-50)39-34-30-26-22-18-14-10-6-8-12-16-20-24-28-32-36-41-52(57)58/h7-14,44-46H,3-6,15-43,47H2,1-2H3,(H,55,56)(H,57,58). The topological polar surface area (TPSA) is 113 Å². The molecular formula is C53H87NO7. The molecule has 0 aliphatic carbocycles. The number of hydrogen-bond donors (Lipinski definition) is 2. The number of carboxylic acid groups (broad SMARTS) is 2. The Balaban J connectivity index is 2.38. The summed E-state index contributed by atoms with van der Waals surface area (Å²) in [6, 6.07) is 6.79. The molecule has 1 aromatic carbocycles. The summed E-state index contributed by atoms with van der Waals surface area (Å²) in [6.45, 7) is 7.82. The average Bonchev–Trinajstić information content (AvgIpc) is 3.24. The molecule has 0 saturated carbocycles. The van der Waals surface area contributed by atoms with Crippen LogP contribution < -0.4 is 0 Å². The molecule has 0 fully saturated rings. The van der Waals surface area contributed by atoms with Gasteiger partial charge in [0.05, 0.1) is 6.61 Å². The second-order valence-corrected chi connectivity index (χ2v) is 16.6. The van der Waals surface area contributed by atoms with Crippen LogP contribution in [-0.2, 0) is 38.5 Å². The van der Waals surface area contributed by atoms with Gasteiger partial charge in [0.25, 0.3) is 0 Å². The Kier molecular flexibility index (Phi) is 37.8. The van der Waals surface area contributed by atoms with Crippen LogP contribution >= 0.6 is 0 Å². The van der Waals surface area contributed by atoms with Crippen LogP contribution in [0.5, 0.6) is 0 Å². The minimum absolute atomic E-state index is 0.241. The van der Waals surface area contributed by atoms with E-state index < -0.39 is 18.1 Å². The number of nitrogens with zero attached hydrogens (tertiary/aromatic N) is 1. The number of benzene rings is 1. The molecule has 61 heavy (non-hydrogen) atoms. The molecule has 0 aliphatic heterocycles. The fourth-order valence-electron chi connectivity index (χ4n) is 7.42. The lowest BCUT2D eigenvalue weighted by molar-refractivity contribution is -0.138. The fourth-order valence-corrected chi connectivity index (χ4v) is 7.42. The monoisotopic (exact) mass is 850 g/mol. The maximum atomic E-state index is 12.4. The molecule has 0 spiro atoms. The molecule has 8 heteroatoms. The van der Waals surface area contributed by atoms with Crippen LogP contribution in [0.4, 0.5) is 4.79 Å². The highest BCUT2D eigenvalue weighted by Gasteiger charge is 2.09. The smallest absolute Gasteiger partial charge is 0.481 e. The van der Waals surface area contributed by atoms with E-state index in [4.69, 9.17) is 19.7 Å². The zero-order valence-electron chi connectivity index (χ0n) is 38.8. The zero-order valence-corrected chi connectivity index (χ0v) is 38.8. The molecule has 0 saturated heterocycles. The highest BCUT2D eigenvalue weighted by molar-refractivity contribution is 5.66. The Morgan fingerprint density at radius 1 is 0.475 bits per heavy atom. The van der Waals surface area contributed by atoms with Gasteiger partial charge in [0, 0.05) is 19.4 Å². The van der Waals surface area contributed by atoms with E-state index in [9.17, 15) is 14.4 Å². The summed E-state index contributed by atoms with van der Waals surface area (Å²) in [6.07, 6.45) is 47.8. The van der Waals surface area contributed by atoms with E-state index in [2.05, 4.69) is 85.6 Å². The minimum atomic E-state index is -0.689. The molecule has 2 N–H and O–H groups in total. The van der Waals surface area contributed by atoms with Crippen LogP contribution in [0.1, 0.15) is 204 Å². The van der Waals surface area contributed by atoms with E-state index in [1.54, 1.807) is 0 Å². The van der Waals surface area contributed by atoms with E-state index in [0.29, 0.717) is 19.4 Å². The van der Waals surface area contributed by atoms with Gasteiger partial charge < -0.3 is 24.6 Å². The van der Waals surface area contributed by atoms with E-state index >= 15 is 0 Å². The van der Waals surface area contributed by atoms with Crippen molar-refractivity contribution in [3.05, 3.63) is 83.5 Å². The van der Waals surface area contributed by atoms with Crippen molar-refractivity contribution in [3.8, 4) is 0 Å². The summed E-state index contributed by atoms with van der Waals surface area (Å²) in [5, 5.41) is 17.4. The van der Waals surface area contributed by atoms with Crippen molar-refractivity contribution in [2.75, 3.05) is 26.2 Å². The first-order chi connectivity index (χ1) is 29.8. The summed E-state index contributed by atoms with van der Waals surface area (Å²) in [5.74, 6) is -1.38. The summed E-state index contributed by atoms with van der Waals surface area (Å²) < 4.78 is 10.9. The van der Waals surface area contributed by atoms with Gasteiger partial charge in [-0.1, -0.05) is 145 Å². The van der Waals surface area contributed by atoms with Gasteiger partial charge >= 0.3 is 18.1 Å². The predicted molar refractivity (Wildman–Crippen MR) is 254 cm³/mol. The fraction of sp³-hybridized carbons (Fsp3) is 0.679. The number of allylic oxidation sites excluding steroid dienone is 8. The van der Waals surface area contributed by atoms with Crippen LogP contribution in [-0.4, -0.2) is 59.4 Å². The number of carboxylic acids is 2. The van der Waals surface area contributed by atoms with Gasteiger partial charge in [-0.25, -0.2) is 4.79 Å². The van der Waals surface area contributed by atoms with Gasteiger partial charge in [-0.2, -0.15) is 0 Å². The lowest BCUT2D eigenvalue weighted by atomic mass is 9.97. The maximum Gasteiger partial charge on any atom is 0.508 e. The Morgan fingerprint density at radius 2 is 0.852 bits per heavy atom. The Hall–Kier alpha value is -3.65. The molecule has 0 aromatic heterocycles. The molecule has 0 atom stereocenters. The van der Waals surface area contributed by atoms with Gasteiger partial charge in [-0.15, -0.1) is 0 Å². The molecule has 0 unspecified atom stereocenters. The highest BCUT2D eigenvalue weighted by Crippen LogP contribution is 2.19. The van der Waals surface area contributed by atoms with Gasteiger partial charge in [0.15, 0.2) is 0 Å². The molecule has 0 amide bonds. The number of unbranched alkanes of at least 4 members (excludes halogenated alkanes) is 18. The Bertz CT molecular complexity index is 1270. The molecule has 1 aromatic rings. The van der Waals surface area contributed by atoms with E-state index in [1.165, 1.54) is 75.3 Å². The average molecular weight is 850 g/mol. The number of ether oxygens (including phenoxy) is 2. The zero-order chi connectivity index (χ0) is 44.3. The summed E-state index contributed by atoms with van der Waals surface area (Å²) >= 11 is 0. The SMILES string of the molecule is CCN(CC)CCCOC(=O)OCc1cc(CCCCCCC=CCC=CCCCCCCCC(=O)O)cc(CCCCCCC=CCC=CCCCCCCCC(=O)O)c1. The summed E-state index contributed by atoms with van der Waals surface area (Å²) in [4.78, 5) is 35.9. The molecule has 1 rings (SSSR count). The van der Waals surface area contributed by atoms with Crippen molar-refractivity contribution in [2.24, 2.45) is 0 Å². The molecule has 346 valence electrons. The normalized spacial score (nSPS) is 11.9. The highest BCUT2D eigenvalue weighted by atomic mass is 16.7. The van der Waals surface area contributed by atoms with Gasteiger partial charge in [-0.05, 0) is 139 Å². The third-order valence-corrected chi connectivity index (χ3v) is 11.1. The first kappa shape index (κ1) is 55.4. The van der Waals surface area contributed by atoms with Gasteiger partial charge in [0.1, 0.15) is 6.61 Å². The molecule has 0 heterocycles. The summed E-state index contributed by atoms with van der Waals surface area (Å²) in [7, 11) is 0. The number of hydrogen-bond acceptors (Lipinski definition) is 6. The van der Waals surface area contributed by atoms with Crippen LogP contribution in [0, 0.1) is 0 Å². The maximum absolute atomic E-state index is 12.4. The lowest BCUT2D eigenvalue weighted by Crippen LogP contribution is -2.25. The number of aliphatic carboxylic acids is 2. The first-order valence-corrected chi connectivity index (χ1v) is 24.5. The number of carbonyl (C=O) groups excluding carboxylic acids is 1. The first-order valence-electron chi connectivity index (χ1n) is 24.5. The summed E-state index contributed by atoms with van der Waals surface area (Å²) in [5.41, 5.74) is 3.72. The van der Waals surface area contributed by atoms with Crippen LogP contribution in [0.2, 0.25) is 0 Å². The number of rotatable bonds is 42. The van der Waals surface area contributed by atoms with Crippen LogP contribution in [0.25, 0.3) is 0 Å². The van der Waals surface area contributed by atoms with Crippen molar-refractivity contribution in [1.29, 1.82) is 0 Å². The molecular weight excluding hydrogens is 763 g/mol. The van der Waals surface area contributed by atoms with Crippen molar-refractivity contribution in [2.45, 2.75) is 207 Å². The predicted octanol–water partition coefficient (Wildman–Crippen LogP) is 14.7. The minimum Gasteiger partial charge on any atom is -0.481 e. The largest absolute Gasteiger partial charge is 0.508 e. The van der Waals surface area contributed by atoms with Crippen molar-refractivity contribution in [3.63, 3.8) is 0 Å². The number of aryl methyl sites for hydroxylation is 2. The molecule has 0 radical (unpaired) electrons. The van der Waals surface area contributed by atoms with Crippen molar-refractivity contribution >= 4 is 18.1 Å². The van der Waals surface area contributed by atoms with E-state index in [-0.39, 0.29) is 6.61 Å².